The summed E-state index contributed by atoms with van der Waals surface area (Å²) in [6.45, 7) is 2.25. The standard InChI is InChI=1S/C22H21ClN2O5S/c1-14-3-6-16(7-4-14)24-20(26)13-30-18-8-5-15(11-17(18)23)12-19-21(27)25(9-10-29-2)22(28)31-19/h3-8,11-12H,9-10,13H2,1-2H3,(H,24,26)/b19-12+. The molecule has 0 unspecified atom stereocenters. The molecule has 0 bridgehead atoms. The number of nitrogens with zero attached hydrogens (tertiary/aromatic N) is 1. The molecule has 2 aromatic rings. The lowest BCUT2D eigenvalue weighted by Crippen LogP contribution is -2.31. The number of hydrogen-bond donors (Lipinski definition) is 1. The fraction of sp³-hybridized carbons (Fsp3) is 0.227. The van der Waals surface area contributed by atoms with E-state index in [1.165, 1.54) is 7.11 Å². The summed E-state index contributed by atoms with van der Waals surface area (Å²) in [6, 6.07) is 12.3. The average Bonchev–Trinajstić information content (AvgIpc) is 3.00. The van der Waals surface area contributed by atoms with Gasteiger partial charge in [0.1, 0.15) is 5.75 Å². The molecule has 0 atom stereocenters. The van der Waals surface area contributed by atoms with Crippen molar-refractivity contribution in [1.82, 2.24) is 4.90 Å². The number of rotatable bonds is 8. The largest absolute Gasteiger partial charge is 0.482 e. The van der Waals surface area contributed by atoms with Crippen LogP contribution in [0, 0.1) is 6.92 Å². The number of aryl methyl sites for hydroxylation is 1. The van der Waals surface area contributed by atoms with E-state index in [0.29, 0.717) is 21.9 Å². The highest BCUT2D eigenvalue weighted by molar-refractivity contribution is 8.18. The third-order valence-corrected chi connectivity index (χ3v) is 5.54. The summed E-state index contributed by atoms with van der Waals surface area (Å²) in [5.74, 6) is -0.337. The molecule has 2 aromatic carbocycles. The molecule has 0 aromatic heterocycles. The second-order valence-electron chi connectivity index (χ2n) is 6.72. The van der Waals surface area contributed by atoms with Gasteiger partial charge < -0.3 is 14.8 Å². The first kappa shape index (κ1) is 22.9. The van der Waals surface area contributed by atoms with Crippen LogP contribution < -0.4 is 10.1 Å². The van der Waals surface area contributed by atoms with Crippen molar-refractivity contribution >= 4 is 52.2 Å². The van der Waals surface area contributed by atoms with E-state index in [-0.39, 0.29) is 41.8 Å². The Hall–Kier alpha value is -2.81. The van der Waals surface area contributed by atoms with Crippen molar-refractivity contribution in [2.45, 2.75) is 6.92 Å². The Morgan fingerprint density at radius 2 is 1.94 bits per heavy atom. The van der Waals surface area contributed by atoms with Crippen molar-refractivity contribution in [3.63, 3.8) is 0 Å². The first-order valence-corrected chi connectivity index (χ1v) is 10.6. The quantitative estimate of drug-likeness (QED) is 0.589. The van der Waals surface area contributed by atoms with Crippen LogP contribution in [0.1, 0.15) is 11.1 Å². The monoisotopic (exact) mass is 460 g/mol. The van der Waals surface area contributed by atoms with Crippen molar-refractivity contribution in [3.8, 4) is 5.75 Å². The normalized spacial score (nSPS) is 14.9. The summed E-state index contributed by atoms with van der Waals surface area (Å²) in [5.41, 5.74) is 2.42. The number of hydrogen-bond acceptors (Lipinski definition) is 6. The molecule has 1 aliphatic rings. The molecule has 1 aliphatic heterocycles. The fourth-order valence-electron chi connectivity index (χ4n) is 2.73. The van der Waals surface area contributed by atoms with E-state index in [1.807, 2.05) is 31.2 Å². The van der Waals surface area contributed by atoms with Gasteiger partial charge in [0.05, 0.1) is 23.1 Å². The predicted molar refractivity (Wildman–Crippen MR) is 121 cm³/mol. The number of imide groups is 1. The van der Waals surface area contributed by atoms with Gasteiger partial charge >= 0.3 is 0 Å². The van der Waals surface area contributed by atoms with Crippen LogP contribution in [-0.2, 0) is 14.3 Å². The second kappa shape index (κ2) is 10.5. The maximum Gasteiger partial charge on any atom is 0.293 e. The van der Waals surface area contributed by atoms with Gasteiger partial charge in [0, 0.05) is 12.8 Å². The van der Waals surface area contributed by atoms with E-state index in [2.05, 4.69) is 5.32 Å². The van der Waals surface area contributed by atoms with Crippen molar-refractivity contribution < 1.29 is 23.9 Å². The number of carbonyl (C=O) groups is 3. The zero-order valence-corrected chi connectivity index (χ0v) is 18.6. The van der Waals surface area contributed by atoms with E-state index in [4.69, 9.17) is 21.1 Å². The van der Waals surface area contributed by atoms with Crippen molar-refractivity contribution in [2.24, 2.45) is 0 Å². The van der Waals surface area contributed by atoms with Crippen LogP contribution in [0.15, 0.2) is 47.4 Å². The molecule has 7 nitrogen and oxygen atoms in total. The SMILES string of the molecule is COCCN1C(=O)S/C(=C/c2ccc(OCC(=O)Nc3ccc(C)cc3)c(Cl)c2)C1=O. The molecule has 1 heterocycles. The summed E-state index contributed by atoms with van der Waals surface area (Å²) in [5, 5.41) is 2.70. The second-order valence-corrected chi connectivity index (χ2v) is 8.12. The number of benzene rings is 2. The van der Waals surface area contributed by atoms with Gasteiger partial charge in [-0.05, 0) is 54.6 Å². The molecule has 0 saturated carbocycles. The van der Waals surface area contributed by atoms with Gasteiger partial charge in [-0.1, -0.05) is 35.4 Å². The summed E-state index contributed by atoms with van der Waals surface area (Å²) in [4.78, 5) is 37.9. The first-order chi connectivity index (χ1) is 14.9. The Morgan fingerprint density at radius 1 is 1.19 bits per heavy atom. The number of anilines is 1. The Bertz CT molecular complexity index is 1020. The van der Waals surface area contributed by atoms with Crippen LogP contribution in [0.5, 0.6) is 5.75 Å². The molecule has 0 aliphatic carbocycles. The molecule has 0 spiro atoms. The van der Waals surface area contributed by atoms with Crippen LogP contribution in [-0.4, -0.2) is 48.8 Å². The maximum atomic E-state index is 12.4. The minimum Gasteiger partial charge on any atom is -0.482 e. The number of carbonyl (C=O) groups excluding carboxylic acids is 3. The van der Waals surface area contributed by atoms with Crippen molar-refractivity contribution in [1.29, 1.82) is 0 Å². The third-order valence-electron chi connectivity index (χ3n) is 4.34. The minimum absolute atomic E-state index is 0.203. The Balaban J connectivity index is 1.60. The zero-order valence-electron chi connectivity index (χ0n) is 17.0. The highest BCUT2D eigenvalue weighted by Crippen LogP contribution is 2.33. The van der Waals surface area contributed by atoms with Gasteiger partial charge in [-0.25, -0.2) is 0 Å². The molecule has 0 radical (unpaired) electrons. The predicted octanol–water partition coefficient (Wildman–Crippen LogP) is 4.35. The first-order valence-electron chi connectivity index (χ1n) is 9.40. The molecular weight excluding hydrogens is 440 g/mol. The minimum atomic E-state index is -0.365. The van der Waals surface area contributed by atoms with Gasteiger partial charge in [0.2, 0.25) is 0 Å². The smallest absolute Gasteiger partial charge is 0.293 e. The molecule has 9 heteroatoms. The third kappa shape index (κ3) is 6.10. The highest BCUT2D eigenvalue weighted by atomic mass is 35.5. The fourth-order valence-corrected chi connectivity index (χ4v) is 3.84. The van der Waals surface area contributed by atoms with E-state index < -0.39 is 0 Å². The van der Waals surface area contributed by atoms with Gasteiger partial charge in [-0.3, -0.25) is 19.3 Å². The number of ether oxygens (including phenoxy) is 2. The maximum absolute atomic E-state index is 12.4. The zero-order chi connectivity index (χ0) is 22.4. The summed E-state index contributed by atoms with van der Waals surface area (Å²) < 4.78 is 10.4. The summed E-state index contributed by atoms with van der Waals surface area (Å²) >= 11 is 7.14. The van der Waals surface area contributed by atoms with E-state index in [1.54, 1.807) is 24.3 Å². The van der Waals surface area contributed by atoms with Crippen molar-refractivity contribution in [2.75, 3.05) is 32.2 Å². The highest BCUT2D eigenvalue weighted by Gasteiger charge is 2.34. The van der Waals surface area contributed by atoms with Crippen LogP contribution in [0.4, 0.5) is 10.5 Å². The number of halogens is 1. The lowest BCUT2D eigenvalue weighted by molar-refractivity contribution is -0.123. The lowest BCUT2D eigenvalue weighted by atomic mass is 10.2. The van der Waals surface area contributed by atoms with Crippen LogP contribution in [0.3, 0.4) is 0 Å². The number of amides is 3. The summed E-state index contributed by atoms with van der Waals surface area (Å²) in [7, 11) is 1.51. The molecule has 162 valence electrons. The van der Waals surface area contributed by atoms with Gasteiger partial charge in [-0.15, -0.1) is 0 Å². The van der Waals surface area contributed by atoms with E-state index in [0.717, 1.165) is 22.2 Å². The molecule has 1 N–H and O–H groups in total. The Morgan fingerprint density at radius 3 is 2.61 bits per heavy atom. The molecule has 31 heavy (non-hydrogen) atoms. The van der Waals surface area contributed by atoms with Crippen LogP contribution >= 0.6 is 23.4 Å². The van der Waals surface area contributed by atoms with E-state index >= 15 is 0 Å². The number of thioether (sulfide) groups is 1. The Labute approximate surface area is 189 Å². The molecular formula is C22H21ClN2O5S. The van der Waals surface area contributed by atoms with Gasteiger partial charge in [0.25, 0.3) is 17.1 Å². The lowest BCUT2D eigenvalue weighted by Gasteiger charge is -2.11. The molecule has 1 saturated heterocycles. The van der Waals surface area contributed by atoms with Gasteiger partial charge in [0.15, 0.2) is 6.61 Å². The van der Waals surface area contributed by atoms with Crippen molar-refractivity contribution in [3.05, 3.63) is 63.5 Å². The average molecular weight is 461 g/mol. The molecule has 1 fully saturated rings. The Kier molecular flexibility index (Phi) is 7.73. The topological polar surface area (TPSA) is 84.9 Å². The molecule has 3 rings (SSSR count). The summed E-state index contributed by atoms with van der Waals surface area (Å²) in [6.07, 6.45) is 1.59. The van der Waals surface area contributed by atoms with E-state index in [9.17, 15) is 14.4 Å². The number of methoxy groups -OCH3 is 1. The van der Waals surface area contributed by atoms with Crippen LogP contribution in [0.2, 0.25) is 5.02 Å². The van der Waals surface area contributed by atoms with Gasteiger partial charge in [-0.2, -0.15) is 0 Å². The molecule has 3 amide bonds. The number of nitrogens with one attached hydrogen (secondary N) is 1. The van der Waals surface area contributed by atoms with Crippen LogP contribution in [0.25, 0.3) is 6.08 Å².